The minimum Gasteiger partial charge on any atom is -0.357 e. The van der Waals surface area contributed by atoms with Gasteiger partial charge >= 0.3 is 0 Å². The van der Waals surface area contributed by atoms with Crippen molar-refractivity contribution in [1.29, 1.82) is 0 Å². The fraction of sp³-hybridized carbons (Fsp3) is 0.667. The zero-order valence-corrected chi connectivity index (χ0v) is 12.8. The van der Waals surface area contributed by atoms with E-state index in [2.05, 4.69) is 40.5 Å². The standard InChI is InChI=1S/C15H25N3S/c1-13(19-2)6-10-16-14-7-11-18(12-8-14)15-5-3-4-9-17-15/h3-5,9,13-14,16H,6-8,10-12H2,1-2H3. The Morgan fingerprint density at radius 3 is 2.84 bits per heavy atom. The summed E-state index contributed by atoms with van der Waals surface area (Å²) in [7, 11) is 0. The molecule has 0 spiro atoms. The lowest BCUT2D eigenvalue weighted by molar-refractivity contribution is 0.412. The van der Waals surface area contributed by atoms with Crippen LogP contribution in [0.15, 0.2) is 24.4 Å². The highest BCUT2D eigenvalue weighted by Crippen LogP contribution is 2.17. The lowest BCUT2D eigenvalue weighted by atomic mass is 10.0. The first-order valence-corrected chi connectivity index (χ1v) is 8.50. The molecule has 1 fully saturated rings. The lowest BCUT2D eigenvalue weighted by Crippen LogP contribution is -2.43. The highest BCUT2D eigenvalue weighted by Gasteiger charge is 2.19. The number of hydrogen-bond acceptors (Lipinski definition) is 4. The topological polar surface area (TPSA) is 28.2 Å². The summed E-state index contributed by atoms with van der Waals surface area (Å²) in [5.41, 5.74) is 0. The molecule has 1 aliphatic rings. The Kier molecular flexibility index (Phi) is 5.98. The normalized spacial score (nSPS) is 18.5. The number of piperidine rings is 1. The maximum atomic E-state index is 4.43. The zero-order valence-electron chi connectivity index (χ0n) is 12.0. The number of rotatable bonds is 6. The molecule has 3 nitrogen and oxygen atoms in total. The summed E-state index contributed by atoms with van der Waals surface area (Å²) in [5, 5.41) is 4.46. The van der Waals surface area contributed by atoms with Crippen LogP contribution in [-0.2, 0) is 0 Å². The van der Waals surface area contributed by atoms with Gasteiger partial charge in [0.1, 0.15) is 5.82 Å². The quantitative estimate of drug-likeness (QED) is 0.867. The van der Waals surface area contributed by atoms with E-state index in [1.54, 1.807) is 0 Å². The molecule has 2 heterocycles. The van der Waals surface area contributed by atoms with E-state index < -0.39 is 0 Å². The number of anilines is 1. The van der Waals surface area contributed by atoms with Crippen molar-refractivity contribution in [3.8, 4) is 0 Å². The summed E-state index contributed by atoms with van der Waals surface area (Å²) in [6.45, 7) is 5.69. The Morgan fingerprint density at radius 1 is 1.42 bits per heavy atom. The molecule has 1 atom stereocenters. The molecule has 1 unspecified atom stereocenters. The van der Waals surface area contributed by atoms with Gasteiger partial charge in [-0.3, -0.25) is 0 Å². The van der Waals surface area contributed by atoms with Crippen LogP contribution in [0.25, 0.3) is 0 Å². The second-order valence-corrected chi connectivity index (χ2v) is 6.51. The lowest BCUT2D eigenvalue weighted by Gasteiger charge is -2.33. The van der Waals surface area contributed by atoms with Crippen LogP contribution in [0.3, 0.4) is 0 Å². The maximum Gasteiger partial charge on any atom is 0.128 e. The van der Waals surface area contributed by atoms with Gasteiger partial charge in [0.05, 0.1) is 0 Å². The van der Waals surface area contributed by atoms with Crippen LogP contribution in [-0.4, -0.2) is 42.2 Å². The molecule has 1 aromatic heterocycles. The summed E-state index contributed by atoms with van der Waals surface area (Å²) in [6.07, 6.45) is 7.79. The van der Waals surface area contributed by atoms with E-state index in [1.807, 2.05) is 24.0 Å². The van der Waals surface area contributed by atoms with Gasteiger partial charge in [-0.25, -0.2) is 4.98 Å². The second-order valence-electron chi connectivity index (χ2n) is 5.24. The fourth-order valence-corrected chi connectivity index (χ4v) is 2.82. The monoisotopic (exact) mass is 279 g/mol. The highest BCUT2D eigenvalue weighted by atomic mass is 32.2. The molecule has 1 aromatic rings. The summed E-state index contributed by atoms with van der Waals surface area (Å²) in [5.74, 6) is 1.12. The Balaban J connectivity index is 1.68. The number of thioether (sulfide) groups is 1. The molecular formula is C15H25N3S. The van der Waals surface area contributed by atoms with Gasteiger partial charge in [-0.15, -0.1) is 0 Å². The van der Waals surface area contributed by atoms with Crippen LogP contribution in [0.1, 0.15) is 26.2 Å². The van der Waals surface area contributed by atoms with E-state index in [0.29, 0.717) is 6.04 Å². The van der Waals surface area contributed by atoms with Crippen molar-refractivity contribution in [2.75, 3.05) is 30.8 Å². The van der Waals surface area contributed by atoms with Gasteiger partial charge < -0.3 is 10.2 Å². The number of hydrogen-bond donors (Lipinski definition) is 1. The van der Waals surface area contributed by atoms with E-state index in [-0.39, 0.29) is 0 Å². The molecule has 0 amide bonds. The summed E-state index contributed by atoms with van der Waals surface area (Å²) >= 11 is 1.95. The van der Waals surface area contributed by atoms with Crippen molar-refractivity contribution in [2.45, 2.75) is 37.5 Å². The van der Waals surface area contributed by atoms with Gasteiger partial charge in [-0.1, -0.05) is 13.0 Å². The Bertz CT molecular complexity index is 350. The van der Waals surface area contributed by atoms with Crippen LogP contribution in [0, 0.1) is 0 Å². The minimum absolute atomic E-state index is 0.689. The summed E-state index contributed by atoms with van der Waals surface area (Å²) in [6, 6.07) is 6.84. The van der Waals surface area contributed by atoms with Crippen molar-refractivity contribution < 1.29 is 0 Å². The largest absolute Gasteiger partial charge is 0.357 e. The third-order valence-electron chi connectivity index (χ3n) is 3.85. The molecule has 106 valence electrons. The molecule has 0 aromatic carbocycles. The maximum absolute atomic E-state index is 4.43. The number of nitrogens with zero attached hydrogens (tertiary/aromatic N) is 2. The van der Waals surface area contributed by atoms with Gasteiger partial charge in [-0.2, -0.15) is 11.8 Å². The highest BCUT2D eigenvalue weighted by molar-refractivity contribution is 7.99. The van der Waals surface area contributed by atoms with Crippen molar-refractivity contribution in [3.05, 3.63) is 24.4 Å². The number of aromatic nitrogens is 1. The summed E-state index contributed by atoms with van der Waals surface area (Å²) < 4.78 is 0. The molecule has 1 saturated heterocycles. The van der Waals surface area contributed by atoms with E-state index in [1.165, 1.54) is 19.3 Å². The molecule has 0 bridgehead atoms. The van der Waals surface area contributed by atoms with Crippen molar-refractivity contribution >= 4 is 17.6 Å². The first-order chi connectivity index (χ1) is 9.29. The third-order valence-corrected chi connectivity index (χ3v) is 4.89. The molecule has 0 radical (unpaired) electrons. The predicted molar refractivity (Wildman–Crippen MR) is 85.1 cm³/mol. The Labute approximate surface area is 121 Å². The fourth-order valence-electron chi connectivity index (χ4n) is 2.46. The number of pyridine rings is 1. The van der Waals surface area contributed by atoms with E-state index in [9.17, 15) is 0 Å². The molecule has 19 heavy (non-hydrogen) atoms. The molecule has 0 saturated carbocycles. The summed E-state index contributed by atoms with van der Waals surface area (Å²) in [4.78, 5) is 6.82. The average Bonchev–Trinajstić information content (AvgIpc) is 2.48. The molecule has 1 N–H and O–H groups in total. The molecule has 4 heteroatoms. The van der Waals surface area contributed by atoms with Crippen LogP contribution < -0.4 is 10.2 Å². The van der Waals surface area contributed by atoms with Crippen LogP contribution >= 0.6 is 11.8 Å². The van der Waals surface area contributed by atoms with Crippen LogP contribution in [0.5, 0.6) is 0 Å². The van der Waals surface area contributed by atoms with Crippen molar-refractivity contribution in [2.24, 2.45) is 0 Å². The van der Waals surface area contributed by atoms with Gasteiger partial charge in [0, 0.05) is 30.6 Å². The average molecular weight is 279 g/mol. The van der Waals surface area contributed by atoms with E-state index in [0.717, 1.165) is 30.7 Å². The molecule has 0 aliphatic carbocycles. The second kappa shape index (κ2) is 7.75. The van der Waals surface area contributed by atoms with Crippen LogP contribution in [0.4, 0.5) is 5.82 Å². The predicted octanol–water partition coefficient (Wildman–Crippen LogP) is 2.78. The van der Waals surface area contributed by atoms with Crippen molar-refractivity contribution in [1.82, 2.24) is 10.3 Å². The van der Waals surface area contributed by atoms with Gasteiger partial charge in [0.2, 0.25) is 0 Å². The SMILES string of the molecule is CSC(C)CCNC1CCN(c2ccccn2)CC1. The van der Waals surface area contributed by atoms with Gasteiger partial charge in [0.15, 0.2) is 0 Å². The third kappa shape index (κ3) is 4.69. The van der Waals surface area contributed by atoms with Gasteiger partial charge in [0.25, 0.3) is 0 Å². The zero-order chi connectivity index (χ0) is 13.5. The molecule has 2 rings (SSSR count). The smallest absolute Gasteiger partial charge is 0.128 e. The van der Waals surface area contributed by atoms with E-state index in [4.69, 9.17) is 0 Å². The molecular weight excluding hydrogens is 254 g/mol. The Hall–Kier alpha value is -0.740. The van der Waals surface area contributed by atoms with Crippen LogP contribution in [0.2, 0.25) is 0 Å². The van der Waals surface area contributed by atoms with Crippen molar-refractivity contribution in [3.63, 3.8) is 0 Å². The van der Waals surface area contributed by atoms with Gasteiger partial charge in [-0.05, 0) is 44.2 Å². The first-order valence-electron chi connectivity index (χ1n) is 7.21. The number of nitrogens with one attached hydrogen (secondary N) is 1. The molecule has 1 aliphatic heterocycles. The minimum atomic E-state index is 0.689. The first kappa shape index (κ1) is 14.7. The van der Waals surface area contributed by atoms with E-state index >= 15 is 0 Å². The Morgan fingerprint density at radius 2 is 2.21 bits per heavy atom.